The molecule has 0 spiro atoms. The quantitative estimate of drug-likeness (QED) is 0.667. The zero-order chi connectivity index (χ0) is 13.2. The Morgan fingerprint density at radius 3 is 2.17 bits per heavy atom. The maximum atomic E-state index is 5.73. The molecule has 1 aromatic rings. The van der Waals surface area contributed by atoms with E-state index < -0.39 is 0 Å². The predicted molar refractivity (Wildman–Crippen MR) is 72.6 cm³/mol. The van der Waals surface area contributed by atoms with Crippen molar-refractivity contribution in [3.05, 3.63) is 18.2 Å². The second-order valence-electron chi connectivity index (χ2n) is 4.05. The smallest absolute Gasteiger partial charge is 0.204 e. The van der Waals surface area contributed by atoms with Crippen LogP contribution < -0.4 is 14.2 Å². The highest BCUT2D eigenvalue weighted by atomic mass is 16.5. The fourth-order valence-electron chi connectivity index (χ4n) is 1.42. The van der Waals surface area contributed by atoms with Crippen LogP contribution in [0.1, 0.15) is 40.0 Å². The summed E-state index contributed by atoms with van der Waals surface area (Å²) < 4.78 is 17.1. The first kappa shape index (κ1) is 14.7. The third-order valence-electron chi connectivity index (χ3n) is 2.24. The highest BCUT2D eigenvalue weighted by Crippen LogP contribution is 2.37. The molecular formula is C15H23O3. The van der Waals surface area contributed by atoms with E-state index >= 15 is 0 Å². The lowest BCUT2D eigenvalue weighted by molar-refractivity contribution is 0.242. The fourth-order valence-corrected chi connectivity index (χ4v) is 1.42. The summed E-state index contributed by atoms with van der Waals surface area (Å²) in [6, 6.07) is 6.76. The summed E-state index contributed by atoms with van der Waals surface area (Å²) >= 11 is 0. The molecule has 1 aromatic carbocycles. The topological polar surface area (TPSA) is 27.7 Å². The van der Waals surface area contributed by atoms with E-state index in [1.165, 1.54) is 0 Å². The van der Waals surface area contributed by atoms with Crippen molar-refractivity contribution in [1.29, 1.82) is 0 Å². The van der Waals surface area contributed by atoms with E-state index in [0.717, 1.165) is 25.0 Å². The number of hydrogen-bond donors (Lipinski definition) is 0. The molecule has 3 heteroatoms. The second-order valence-corrected chi connectivity index (χ2v) is 4.05. The lowest BCUT2D eigenvalue weighted by Crippen LogP contribution is -2.04. The molecule has 0 atom stereocenters. The minimum Gasteiger partial charge on any atom is -0.490 e. The number of ether oxygens (including phenoxy) is 3. The zero-order valence-electron chi connectivity index (χ0n) is 11.6. The molecule has 0 fully saturated rings. The first-order valence-electron chi connectivity index (χ1n) is 6.76. The minimum absolute atomic E-state index is 0.652. The van der Waals surface area contributed by atoms with Crippen molar-refractivity contribution in [2.45, 2.75) is 40.0 Å². The third-order valence-corrected chi connectivity index (χ3v) is 2.24. The number of benzene rings is 1. The molecule has 0 saturated carbocycles. The van der Waals surface area contributed by atoms with Gasteiger partial charge < -0.3 is 14.2 Å². The largest absolute Gasteiger partial charge is 0.490 e. The summed E-state index contributed by atoms with van der Waals surface area (Å²) in [6.07, 6.45) is 2.88. The molecule has 0 heterocycles. The van der Waals surface area contributed by atoms with Gasteiger partial charge in [0.15, 0.2) is 11.5 Å². The summed E-state index contributed by atoms with van der Waals surface area (Å²) in [5.74, 6) is 2.08. The van der Waals surface area contributed by atoms with Crippen molar-refractivity contribution in [2.75, 3.05) is 19.8 Å². The summed E-state index contributed by atoms with van der Waals surface area (Å²) in [6.45, 7) is 8.23. The predicted octanol–water partition coefficient (Wildman–Crippen LogP) is 3.85. The molecule has 0 unspecified atom stereocenters. The van der Waals surface area contributed by atoms with E-state index in [9.17, 15) is 0 Å². The van der Waals surface area contributed by atoms with Gasteiger partial charge in [-0.25, -0.2) is 0 Å². The van der Waals surface area contributed by atoms with Crippen LogP contribution in [0.3, 0.4) is 0 Å². The van der Waals surface area contributed by atoms with Gasteiger partial charge in [0, 0.05) is 6.07 Å². The Balaban J connectivity index is 2.85. The van der Waals surface area contributed by atoms with Crippen LogP contribution in [0.5, 0.6) is 17.2 Å². The van der Waals surface area contributed by atoms with E-state index in [0.29, 0.717) is 31.3 Å². The van der Waals surface area contributed by atoms with Crippen LogP contribution in [-0.2, 0) is 0 Å². The van der Waals surface area contributed by atoms with Crippen LogP contribution in [0.4, 0.5) is 0 Å². The molecule has 0 aliphatic rings. The molecular weight excluding hydrogens is 228 g/mol. The van der Waals surface area contributed by atoms with Crippen molar-refractivity contribution < 1.29 is 14.2 Å². The molecule has 1 rings (SSSR count). The highest BCUT2D eigenvalue weighted by Gasteiger charge is 2.12. The van der Waals surface area contributed by atoms with Crippen LogP contribution in [0, 0.1) is 6.07 Å². The molecule has 0 amide bonds. The fraction of sp³-hybridized carbons (Fsp3) is 0.600. The van der Waals surface area contributed by atoms with Gasteiger partial charge in [-0.2, -0.15) is 0 Å². The Morgan fingerprint density at radius 2 is 1.50 bits per heavy atom. The first-order valence-corrected chi connectivity index (χ1v) is 6.76. The van der Waals surface area contributed by atoms with Crippen molar-refractivity contribution in [3.63, 3.8) is 0 Å². The lowest BCUT2D eigenvalue weighted by Gasteiger charge is -2.15. The van der Waals surface area contributed by atoms with Crippen molar-refractivity contribution >= 4 is 0 Å². The minimum atomic E-state index is 0.652. The third kappa shape index (κ3) is 4.47. The molecule has 18 heavy (non-hydrogen) atoms. The van der Waals surface area contributed by atoms with E-state index in [4.69, 9.17) is 14.2 Å². The maximum absolute atomic E-state index is 5.73. The SMILES string of the molecule is CCCOc1[c]ccc(OCCC)c1OCCC. The molecule has 0 aliphatic heterocycles. The Bertz CT molecular complexity index is 310. The standard InChI is InChI=1S/C15H23O3/c1-4-10-16-13-8-7-9-14(17-11-5-2)15(13)18-12-6-3/h7-8H,4-6,10-12H2,1-3H3. The molecule has 0 bridgehead atoms. The Hall–Kier alpha value is -1.38. The Morgan fingerprint density at radius 1 is 0.889 bits per heavy atom. The van der Waals surface area contributed by atoms with Gasteiger partial charge >= 0.3 is 0 Å². The molecule has 101 valence electrons. The number of rotatable bonds is 9. The summed E-state index contributed by atoms with van der Waals surface area (Å²) in [4.78, 5) is 0. The molecule has 0 aromatic heterocycles. The van der Waals surface area contributed by atoms with Gasteiger partial charge in [-0.05, 0) is 31.4 Å². The van der Waals surface area contributed by atoms with Crippen molar-refractivity contribution in [3.8, 4) is 17.2 Å². The van der Waals surface area contributed by atoms with Gasteiger partial charge in [0.2, 0.25) is 5.75 Å². The highest BCUT2D eigenvalue weighted by molar-refractivity contribution is 5.50. The maximum Gasteiger partial charge on any atom is 0.204 e. The lowest BCUT2D eigenvalue weighted by atomic mass is 10.3. The van der Waals surface area contributed by atoms with Crippen LogP contribution in [0.15, 0.2) is 12.1 Å². The van der Waals surface area contributed by atoms with Gasteiger partial charge in [0.05, 0.1) is 19.8 Å². The summed E-state index contributed by atoms with van der Waals surface area (Å²) in [7, 11) is 0. The Labute approximate surface area is 110 Å². The summed E-state index contributed by atoms with van der Waals surface area (Å²) in [5, 5.41) is 0. The van der Waals surface area contributed by atoms with Gasteiger partial charge in [-0.15, -0.1) is 0 Å². The van der Waals surface area contributed by atoms with E-state index in [2.05, 4.69) is 26.8 Å². The molecule has 3 nitrogen and oxygen atoms in total. The second kappa shape index (κ2) is 8.67. The zero-order valence-corrected chi connectivity index (χ0v) is 11.6. The average Bonchev–Trinajstić information content (AvgIpc) is 2.41. The van der Waals surface area contributed by atoms with Crippen LogP contribution in [-0.4, -0.2) is 19.8 Å². The Kier molecular flexibility index (Phi) is 7.07. The van der Waals surface area contributed by atoms with Crippen LogP contribution in [0.25, 0.3) is 0 Å². The van der Waals surface area contributed by atoms with Crippen molar-refractivity contribution in [2.24, 2.45) is 0 Å². The van der Waals surface area contributed by atoms with Crippen LogP contribution >= 0.6 is 0 Å². The van der Waals surface area contributed by atoms with Crippen molar-refractivity contribution in [1.82, 2.24) is 0 Å². The first-order chi connectivity index (χ1) is 8.83. The summed E-state index contributed by atoms with van der Waals surface area (Å²) in [5.41, 5.74) is 0. The van der Waals surface area contributed by atoms with E-state index in [1.54, 1.807) is 0 Å². The molecule has 1 radical (unpaired) electrons. The average molecular weight is 251 g/mol. The van der Waals surface area contributed by atoms with E-state index in [1.807, 2.05) is 12.1 Å². The molecule has 0 N–H and O–H groups in total. The van der Waals surface area contributed by atoms with Gasteiger partial charge in [-0.1, -0.05) is 20.8 Å². The van der Waals surface area contributed by atoms with Gasteiger partial charge in [0.25, 0.3) is 0 Å². The monoisotopic (exact) mass is 251 g/mol. The van der Waals surface area contributed by atoms with Crippen LogP contribution in [0.2, 0.25) is 0 Å². The molecule has 0 aliphatic carbocycles. The normalized spacial score (nSPS) is 10.2. The number of hydrogen-bond acceptors (Lipinski definition) is 3. The van der Waals surface area contributed by atoms with Gasteiger partial charge in [0.1, 0.15) is 0 Å². The van der Waals surface area contributed by atoms with Gasteiger partial charge in [-0.3, -0.25) is 0 Å². The molecule has 0 saturated heterocycles. The van der Waals surface area contributed by atoms with E-state index in [-0.39, 0.29) is 0 Å².